The Kier molecular flexibility index (Phi) is 7.87. The van der Waals surface area contributed by atoms with Crippen molar-refractivity contribution in [3.63, 3.8) is 0 Å². The van der Waals surface area contributed by atoms with E-state index in [0.29, 0.717) is 47.1 Å². The van der Waals surface area contributed by atoms with Gasteiger partial charge in [-0.05, 0) is 35.4 Å². The number of rotatable bonds is 7. The van der Waals surface area contributed by atoms with Crippen LogP contribution in [0.15, 0.2) is 64.4 Å². The summed E-state index contributed by atoms with van der Waals surface area (Å²) in [5.74, 6) is -0.224. The minimum Gasteiger partial charge on any atom is -0.406 e. The maximum atomic E-state index is 13.3. The van der Waals surface area contributed by atoms with Crippen molar-refractivity contribution < 1.29 is 27.4 Å². The normalized spacial score (nSPS) is 17.1. The number of thioether (sulfide) groups is 1. The summed E-state index contributed by atoms with van der Waals surface area (Å²) >= 11 is 1.37. The lowest BCUT2D eigenvalue weighted by Crippen LogP contribution is -2.36. The molecule has 206 valence electrons. The molecule has 0 unspecified atom stereocenters. The molecule has 2 aliphatic heterocycles. The molecule has 3 heterocycles. The maximum Gasteiger partial charge on any atom is 0.573 e. The number of nitrogens with one attached hydrogen (secondary N) is 1. The lowest BCUT2D eigenvalue weighted by Gasteiger charge is -2.28. The highest BCUT2D eigenvalue weighted by Gasteiger charge is 2.31. The van der Waals surface area contributed by atoms with Crippen molar-refractivity contribution in [3.8, 4) is 5.75 Å². The molecule has 3 N–H and O–H groups in total. The number of morpholine rings is 1. The third-order valence-electron chi connectivity index (χ3n) is 6.56. The van der Waals surface area contributed by atoms with Gasteiger partial charge in [0.05, 0.1) is 25.3 Å². The zero-order valence-electron chi connectivity index (χ0n) is 20.9. The van der Waals surface area contributed by atoms with Crippen LogP contribution in [-0.4, -0.2) is 48.9 Å². The van der Waals surface area contributed by atoms with Gasteiger partial charge in [0.25, 0.3) is 11.5 Å². The number of ether oxygens (including phenoxy) is 2. The molecule has 0 saturated carbocycles. The average molecular weight is 561 g/mol. The summed E-state index contributed by atoms with van der Waals surface area (Å²) < 4.78 is 48.1. The molecule has 1 aromatic heterocycles. The van der Waals surface area contributed by atoms with Crippen LogP contribution in [0.25, 0.3) is 0 Å². The van der Waals surface area contributed by atoms with Crippen molar-refractivity contribution in [1.82, 2.24) is 9.88 Å². The fraction of sp³-hybridized carbons (Fsp3) is 0.333. The number of carbonyl (C=O) groups excluding carboxylic acids is 1. The Labute approximate surface area is 226 Å². The van der Waals surface area contributed by atoms with E-state index in [2.05, 4.69) is 15.0 Å². The van der Waals surface area contributed by atoms with E-state index in [4.69, 9.17) is 10.5 Å². The van der Waals surface area contributed by atoms with Crippen molar-refractivity contribution in [2.45, 2.75) is 30.4 Å². The molecule has 1 saturated heterocycles. The highest BCUT2D eigenvalue weighted by molar-refractivity contribution is 7.99. The van der Waals surface area contributed by atoms with Crippen LogP contribution >= 0.6 is 11.8 Å². The summed E-state index contributed by atoms with van der Waals surface area (Å²) in [6.45, 7) is 3.42. The average Bonchev–Trinajstić information content (AvgIpc) is 3.31. The predicted molar refractivity (Wildman–Crippen MR) is 141 cm³/mol. The van der Waals surface area contributed by atoms with Crippen LogP contribution in [0.2, 0.25) is 0 Å². The highest BCUT2D eigenvalue weighted by Crippen LogP contribution is 2.37. The van der Waals surface area contributed by atoms with E-state index in [1.807, 2.05) is 24.3 Å². The molecular formula is C27H27F3N4O4S. The van der Waals surface area contributed by atoms with Gasteiger partial charge in [-0.3, -0.25) is 9.59 Å². The van der Waals surface area contributed by atoms with Gasteiger partial charge in [0.15, 0.2) is 0 Å². The summed E-state index contributed by atoms with van der Waals surface area (Å²) in [6, 6.07) is 12.7. The molecule has 2 aromatic carbocycles. The number of fused-ring (bicyclic) bond motifs is 1. The second kappa shape index (κ2) is 11.3. The smallest absolute Gasteiger partial charge is 0.406 e. The number of nitrogens with two attached hydrogens (primary N) is 1. The first-order valence-corrected chi connectivity index (χ1v) is 13.4. The number of halogens is 3. The van der Waals surface area contributed by atoms with Gasteiger partial charge in [0.2, 0.25) is 0 Å². The second-order valence-electron chi connectivity index (χ2n) is 9.28. The van der Waals surface area contributed by atoms with Gasteiger partial charge in [0.1, 0.15) is 5.75 Å². The first-order chi connectivity index (χ1) is 18.7. The third-order valence-corrected chi connectivity index (χ3v) is 7.82. The first-order valence-electron chi connectivity index (χ1n) is 12.4. The lowest BCUT2D eigenvalue weighted by molar-refractivity contribution is -0.274. The number of hydrogen-bond acceptors (Lipinski definition) is 7. The summed E-state index contributed by atoms with van der Waals surface area (Å²) in [6.07, 6.45) is -3.30. The third kappa shape index (κ3) is 6.40. The number of anilines is 1. The number of hydrogen-bond donors (Lipinski definition) is 2. The largest absolute Gasteiger partial charge is 0.573 e. The number of carbonyl (C=O) groups is 1. The molecule has 5 rings (SSSR count). The molecule has 2 aliphatic rings. The van der Waals surface area contributed by atoms with Crippen LogP contribution in [-0.2, 0) is 17.8 Å². The number of pyridine rings is 1. The van der Waals surface area contributed by atoms with Crippen LogP contribution in [0, 0.1) is 0 Å². The SMILES string of the molecule is N[C@H]1CSc2c(C(=O)NCc3ccc(N4CCOCC4)cc3)cn(Cc3ccc(OC(F)(F)F)cc3)c(=O)c21. The Morgan fingerprint density at radius 1 is 1.08 bits per heavy atom. The molecule has 0 aliphatic carbocycles. The quantitative estimate of drug-likeness (QED) is 0.455. The van der Waals surface area contributed by atoms with Crippen molar-refractivity contribution in [3.05, 3.63) is 87.3 Å². The summed E-state index contributed by atoms with van der Waals surface area (Å²) in [5.41, 5.74) is 9.18. The Morgan fingerprint density at radius 2 is 1.74 bits per heavy atom. The van der Waals surface area contributed by atoms with Gasteiger partial charge >= 0.3 is 6.36 Å². The fourth-order valence-corrected chi connectivity index (χ4v) is 5.81. The molecular weight excluding hydrogens is 533 g/mol. The molecule has 8 nitrogen and oxygen atoms in total. The Morgan fingerprint density at radius 3 is 2.41 bits per heavy atom. The Bertz CT molecular complexity index is 1390. The van der Waals surface area contributed by atoms with Gasteiger partial charge < -0.3 is 30.0 Å². The monoisotopic (exact) mass is 560 g/mol. The summed E-state index contributed by atoms with van der Waals surface area (Å²) in [5, 5.41) is 2.93. The summed E-state index contributed by atoms with van der Waals surface area (Å²) in [4.78, 5) is 29.3. The van der Waals surface area contributed by atoms with Gasteiger partial charge in [-0.25, -0.2) is 0 Å². The van der Waals surface area contributed by atoms with Crippen LogP contribution < -0.4 is 26.2 Å². The molecule has 0 spiro atoms. The highest BCUT2D eigenvalue weighted by atomic mass is 32.2. The molecule has 3 aromatic rings. The van der Waals surface area contributed by atoms with Crippen molar-refractivity contribution in [2.75, 3.05) is 37.0 Å². The van der Waals surface area contributed by atoms with Gasteiger partial charge in [-0.1, -0.05) is 24.3 Å². The Hall–Kier alpha value is -3.48. The summed E-state index contributed by atoms with van der Waals surface area (Å²) in [7, 11) is 0. The van der Waals surface area contributed by atoms with Crippen molar-refractivity contribution in [1.29, 1.82) is 0 Å². The zero-order valence-corrected chi connectivity index (χ0v) is 21.7. The minimum absolute atomic E-state index is 0.0546. The van der Waals surface area contributed by atoms with Crippen LogP contribution in [0.3, 0.4) is 0 Å². The van der Waals surface area contributed by atoms with Crippen molar-refractivity contribution in [2.24, 2.45) is 5.73 Å². The van der Waals surface area contributed by atoms with E-state index in [1.165, 1.54) is 46.8 Å². The fourth-order valence-electron chi connectivity index (χ4n) is 4.61. The van der Waals surface area contributed by atoms with Crippen molar-refractivity contribution >= 4 is 23.4 Å². The Balaban J connectivity index is 1.32. The number of benzene rings is 2. The zero-order chi connectivity index (χ0) is 27.6. The molecule has 1 fully saturated rings. The van der Waals surface area contributed by atoms with E-state index in [9.17, 15) is 22.8 Å². The molecule has 0 radical (unpaired) electrons. The standard InChI is InChI=1S/C27H27F3N4O4S/c28-27(29,30)38-20-7-3-18(4-8-20)14-34-15-21(24-23(26(34)36)22(31)16-39-24)25(35)32-13-17-1-5-19(6-2-17)33-9-11-37-12-10-33/h1-8,15,22H,9-14,16,31H2,(H,32,35)/t22-/m0/s1. The van der Waals surface area contributed by atoms with E-state index in [0.717, 1.165) is 24.3 Å². The molecule has 0 bridgehead atoms. The first kappa shape index (κ1) is 27.1. The molecule has 1 amide bonds. The van der Waals surface area contributed by atoms with E-state index in [1.54, 1.807) is 0 Å². The van der Waals surface area contributed by atoms with Gasteiger partial charge in [0, 0.05) is 53.8 Å². The molecule has 39 heavy (non-hydrogen) atoms. The molecule has 12 heteroatoms. The molecule has 1 atom stereocenters. The maximum absolute atomic E-state index is 13.3. The number of nitrogens with zero attached hydrogens (tertiary/aromatic N) is 2. The predicted octanol–water partition coefficient (Wildman–Crippen LogP) is 3.67. The van der Waals surface area contributed by atoms with E-state index >= 15 is 0 Å². The van der Waals surface area contributed by atoms with Crippen LogP contribution in [0.5, 0.6) is 5.75 Å². The number of amides is 1. The lowest BCUT2D eigenvalue weighted by atomic mass is 10.1. The second-order valence-corrected chi connectivity index (χ2v) is 10.3. The number of aromatic nitrogens is 1. The topological polar surface area (TPSA) is 98.8 Å². The van der Waals surface area contributed by atoms with E-state index < -0.39 is 12.4 Å². The number of alkyl halides is 3. The van der Waals surface area contributed by atoms with Gasteiger partial charge in [-0.15, -0.1) is 24.9 Å². The minimum atomic E-state index is -4.79. The van der Waals surface area contributed by atoms with Crippen LogP contribution in [0.1, 0.15) is 33.1 Å². The van der Waals surface area contributed by atoms with Crippen LogP contribution in [0.4, 0.5) is 18.9 Å². The van der Waals surface area contributed by atoms with Gasteiger partial charge in [-0.2, -0.15) is 0 Å². The van der Waals surface area contributed by atoms with E-state index in [-0.39, 0.29) is 23.8 Å².